The predicted octanol–water partition coefficient (Wildman–Crippen LogP) is 3.22. The SMILES string of the molecule is N#Cc1ccc(CCn2c(=O)[nH]c3sc(C(=O)OCc4ccccc4)cc3c2=O)cc1. The first kappa shape index (κ1) is 20.3. The van der Waals surface area contributed by atoms with Gasteiger partial charge in [0.05, 0.1) is 17.0 Å². The van der Waals surface area contributed by atoms with Gasteiger partial charge in [0.15, 0.2) is 0 Å². The summed E-state index contributed by atoms with van der Waals surface area (Å²) in [5, 5.41) is 9.14. The van der Waals surface area contributed by atoms with Crippen molar-refractivity contribution in [2.45, 2.75) is 19.6 Å². The smallest absolute Gasteiger partial charge is 0.348 e. The quantitative estimate of drug-likeness (QED) is 0.472. The Morgan fingerprint density at radius 2 is 1.81 bits per heavy atom. The van der Waals surface area contributed by atoms with Crippen molar-refractivity contribution in [1.82, 2.24) is 9.55 Å². The maximum atomic E-state index is 12.8. The number of carbonyl (C=O) groups excluding carboxylic acids is 1. The summed E-state index contributed by atoms with van der Waals surface area (Å²) in [6, 6.07) is 19.8. The number of fused-ring (bicyclic) bond motifs is 1. The van der Waals surface area contributed by atoms with Gasteiger partial charge in [-0.2, -0.15) is 5.26 Å². The summed E-state index contributed by atoms with van der Waals surface area (Å²) >= 11 is 1.02. The van der Waals surface area contributed by atoms with Gasteiger partial charge in [-0.25, -0.2) is 9.59 Å². The van der Waals surface area contributed by atoms with E-state index in [1.54, 1.807) is 24.3 Å². The second-order valence-corrected chi connectivity index (χ2v) is 7.91. The summed E-state index contributed by atoms with van der Waals surface area (Å²) < 4.78 is 6.43. The number of hydrogen-bond donors (Lipinski definition) is 1. The van der Waals surface area contributed by atoms with Crippen LogP contribution in [0, 0.1) is 11.3 Å². The molecule has 0 radical (unpaired) electrons. The molecule has 2 aromatic heterocycles. The molecule has 2 heterocycles. The highest BCUT2D eigenvalue weighted by atomic mass is 32.1. The zero-order chi connectivity index (χ0) is 21.8. The van der Waals surface area contributed by atoms with E-state index in [0.717, 1.165) is 27.0 Å². The summed E-state index contributed by atoms with van der Waals surface area (Å²) in [7, 11) is 0. The second-order valence-electron chi connectivity index (χ2n) is 6.86. The van der Waals surface area contributed by atoms with E-state index in [1.807, 2.05) is 36.4 Å². The molecule has 0 atom stereocenters. The maximum Gasteiger partial charge on any atom is 0.348 e. The van der Waals surface area contributed by atoms with Gasteiger partial charge in [0, 0.05) is 6.54 Å². The molecule has 0 saturated carbocycles. The Morgan fingerprint density at radius 3 is 2.52 bits per heavy atom. The zero-order valence-electron chi connectivity index (χ0n) is 16.3. The van der Waals surface area contributed by atoms with E-state index in [-0.39, 0.29) is 23.4 Å². The maximum absolute atomic E-state index is 12.8. The van der Waals surface area contributed by atoms with Crippen LogP contribution in [-0.4, -0.2) is 15.5 Å². The molecule has 0 fully saturated rings. The third-order valence-electron chi connectivity index (χ3n) is 4.79. The van der Waals surface area contributed by atoms with Crippen molar-refractivity contribution in [3.63, 3.8) is 0 Å². The summed E-state index contributed by atoms with van der Waals surface area (Å²) in [5.74, 6) is -0.547. The number of carbonyl (C=O) groups is 1. The van der Waals surface area contributed by atoms with Gasteiger partial charge < -0.3 is 4.74 Å². The molecule has 0 bridgehead atoms. The lowest BCUT2D eigenvalue weighted by Gasteiger charge is -2.05. The molecule has 0 spiro atoms. The van der Waals surface area contributed by atoms with Crippen molar-refractivity contribution in [1.29, 1.82) is 5.26 Å². The number of benzene rings is 2. The number of rotatable bonds is 6. The Hall–Kier alpha value is -3.96. The van der Waals surface area contributed by atoms with E-state index in [1.165, 1.54) is 6.07 Å². The average molecular weight is 431 g/mol. The normalized spacial score (nSPS) is 10.7. The molecule has 0 aliphatic carbocycles. The minimum absolute atomic E-state index is 0.124. The molecule has 4 rings (SSSR count). The fourth-order valence-electron chi connectivity index (χ4n) is 3.13. The highest BCUT2D eigenvalue weighted by molar-refractivity contribution is 7.20. The highest BCUT2D eigenvalue weighted by Gasteiger charge is 2.16. The highest BCUT2D eigenvalue weighted by Crippen LogP contribution is 2.21. The topological polar surface area (TPSA) is 105 Å². The molecular formula is C23H17N3O4S. The van der Waals surface area contributed by atoms with Crippen LogP contribution in [0.15, 0.2) is 70.3 Å². The zero-order valence-corrected chi connectivity index (χ0v) is 17.1. The van der Waals surface area contributed by atoms with E-state index in [2.05, 4.69) is 4.98 Å². The Kier molecular flexibility index (Phi) is 5.78. The molecule has 2 aromatic carbocycles. The fourth-order valence-corrected chi connectivity index (χ4v) is 4.06. The van der Waals surface area contributed by atoms with Crippen molar-refractivity contribution in [2.24, 2.45) is 0 Å². The van der Waals surface area contributed by atoms with E-state index in [0.29, 0.717) is 16.8 Å². The van der Waals surface area contributed by atoms with E-state index >= 15 is 0 Å². The summed E-state index contributed by atoms with van der Waals surface area (Å²) in [6.45, 7) is 0.304. The van der Waals surface area contributed by atoms with Crippen LogP contribution in [0.3, 0.4) is 0 Å². The Labute approximate surface area is 180 Å². The van der Waals surface area contributed by atoms with Crippen molar-refractivity contribution in [2.75, 3.05) is 0 Å². The number of hydrogen-bond acceptors (Lipinski definition) is 6. The first-order valence-electron chi connectivity index (χ1n) is 9.52. The third-order valence-corrected chi connectivity index (χ3v) is 5.82. The lowest BCUT2D eigenvalue weighted by molar-refractivity contribution is 0.0478. The summed E-state index contributed by atoms with van der Waals surface area (Å²) in [5.41, 5.74) is 1.32. The van der Waals surface area contributed by atoms with Crippen molar-refractivity contribution < 1.29 is 9.53 Å². The van der Waals surface area contributed by atoms with E-state index in [9.17, 15) is 14.4 Å². The molecule has 0 aliphatic heterocycles. The molecule has 31 heavy (non-hydrogen) atoms. The number of ether oxygens (including phenoxy) is 1. The van der Waals surface area contributed by atoms with Crippen LogP contribution >= 0.6 is 11.3 Å². The molecule has 1 N–H and O–H groups in total. The first-order valence-corrected chi connectivity index (χ1v) is 10.3. The lowest BCUT2D eigenvalue weighted by atomic mass is 10.1. The van der Waals surface area contributed by atoms with Gasteiger partial charge in [0.25, 0.3) is 5.56 Å². The molecular weight excluding hydrogens is 414 g/mol. The van der Waals surface area contributed by atoms with Gasteiger partial charge >= 0.3 is 11.7 Å². The van der Waals surface area contributed by atoms with Crippen LogP contribution in [0.1, 0.15) is 26.4 Å². The molecule has 0 amide bonds. The largest absolute Gasteiger partial charge is 0.457 e. The second kappa shape index (κ2) is 8.81. The minimum Gasteiger partial charge on any atom is -0.457 e. The number of aromatic nitrogens is 2. The predicted molar refractivity (Wildman–Crippen MR) is 117 cm³/mol. The molecule has 0 aliphatic rings. The van der Waals surface area contributed by atoms with Gasteiger partial charge in [0.2, 0.25) is 0 Å². The van der Waals surface area contributed by atoms with E-state index in [4.69, 9.17) is 10.00 Å². The fraction of sp³-hybridized carbons (Fsp3) is 0.130. The van der Waals surface area contributed by atoms with E-state index < -0.39 is 17.2 Å². The minimum atomic E-state index is -0.547. The number of nitrogens with one attached hydrogen (secondary N) is 1. The Bertz CT molecular complexity index is 1390. The van der Waals surface area contributed by atoms with Crippen molar-refractivity contribution in [3.8, 4) is 6.07 Å². The number of H-pyrrole nitrogens is 1. The van der Waals surface area contributed by atoms with Crippen molar-refractivity contribution in [3.05, 3.63) is 103 Å². The van der Waals surface area contributed by atoms with Crippen LogP contribution in [0.25, 0.3) is 10.2 Å². The van der Waals surface area contributed by atoms with Crippen LogP contribution in [0.5, 0.6) is 0 Å². The first-order chi connectivity index (χ1) is 15.0. The molecule has 0 saturated heterocycles. The number of aromatic amines is 1. The Balaban J connectivity index is 1.53. The van der Waals surface area contributed by atoms with Crippen LogP contribution in [0.2, 0.25) is 0 Å². The summed E-state index contributed by atoms with van der Waals surface area (Å²) in [6.07, 6.45) is 0.455. The number of aryl methyl sites for hydroxylation is 1. The number of nitrogens with zero attached hydrogens (tertiary/aromatic N) is 2. The number of thiophene rings is 1. The number of esters is 1. The molecule has 7 nitrogen and oxygen atoms in total. The van der Waals surface area contributed by atoms with Gasteiger partial charge in [-0.3, -0.25) is 14.3 Å². The molecule has 0 unspecified atom stereocenters. The monoisotopic (exact) mass is 431 g/mol. The van der Waals surface area contributed by atoms with Gasteiger partial charge in [0.1, 0.15) is 16.3 Å². The van der Waals surface area contributed by atoms with Crippen LogP contribution < -0.4 is 11.2 Å². The Morgan fingerprint density at radius 1 is 1.06 bits per heavy atom. The summed E-state index contributed by atoms with van der Waals surface area (Å²) in [4.78, 5) is 40.9. The molecule has 4 aromatic rings. The van der Waals surface area contributed by atoms with Crippen molar-refractivity contribution >= 4 is 27.5 Å². The third kappa shape index (κ3) is 4.47. The average Bonchev–Trinajstić information content (AvgIpc) is 3.23. The van der Waals surface area contributed by atoms with Crippen LogP contribution in [0.4, 0.5) is 0 Å². The molecule has 154 valence electrons. The standard InChI is InChI=1S/C23H17N3O4S/c24-13-16-8-6-15(7-9-16)10-11-26-21(27)18-12-19(31-20(18)25-23(26)29)22(28)30-14-17-4-2-1-3-5-17/h1-9,12H,10-11,14H2,(H,25,29). The molecule has 8 heteroatoms. The number of nitriles is 1. The van der Waals surface area contributed by atoms with Crippen LogP contribution in [-0.2, 0) is 24.3 Å². The van der Waals surface area contributed by atoms with Gasteiger partial charge in [-0.05, 0) is 35.7 Å². The van der Waals surface area contributed by atoms with Gasteiger partial charge in [-0.1, -0.05) is 42.5 Å². The van der Waals surface area contributed by atoms with Gasteiger partial charge in [-0.15, -0.1) is 11.3 Å². The lowest BCUT2D eigenvalue weighted by Crippen LogP contribution is -2.35.